The summed E-state index contributed by atoms with van der Waals surface area (Å²) < 4.78 is 21.5. The number of tetrazole rings is 1. The van der Waals surface area contributed by atoms with Crippen molar-refractivity contribution in [2.75, 3.05) is 21.3 Å². The molecule has 0 unspecified atom stereocenters. The molecule has 1 N–H and O–H groups in total. The summed E-state index contributed by atoms with van der Waals surface area (Å²) >= 11 is 0. The van der Waals surface area contributed by atoms with Gasteiger partial charge in [-0.3, -0.25) is 4.79 Å². The molecular weight excluding hydrogens is 390 g/mol. The van der Waals surface area contributed by atoms with Crippen LogP contribution in [0.2, 0.25) is 0 Å². The second kappa shape index (κ2) is 10.1. The smallest absolute Gasteiger partial charge is 0.243 e. The lowest BCUT2D eigenvalue weighted by atomic mass is 10.1. The second-order valence-corrected chi connectivity index (χ2v) is 6.15. The highest BCUT2D eigenvalue weighted by Crippen LogP contribution is 2.38. The summed E-state index contributed by atoms with van der Waals surface area (Å²) in [6, 6.07) is 12.9. The van der Waals surface area contributed by atoms with Crippen LogP contribution in [0.15, 0.2) is 42.5 Å². The SMILES string of the molecule is COc1cc(CNC(=O)Cn2nnc(COc3ccccc3)n2)cc(OC)c1OC. The lowest BCUT2D eigenvalue weighted by Gasteiger charge is -2.14. The van der Waals surface area contributed by atoms with Gasteiger partial charge in [-0.2, -0.15) is 4.80 Å². The van der Waals surface area contributed by atoms with E-state index in [0.717, 1.165) is 5.56 Å². The summed E-state index contributed by atoms with van der Waals surface area (Å²) in [7, 11) is 4.61. The Balaban J connectivity index is 1.53. The molecule has 0 aliphatic carbocycles. The van der Waals surface area contributed by atoms with Crippen molar-refractivity contribution in [1.82, 2.24) is 25.5 Å². The van der Waals surface area contributed by atoms with Gasteiger partial charge in [0, 0.05) is 6.54 Å². The molecule has 1 aromatic heterocycles. The third-order valence-corrected chi connectivity index (χ3v) is 4.10. The van der Waals surface area contributed by atoms with Crippen molar-refractivity contribution < 1.29 is 23.7 Å². The minimum Gasteiger partial charge on any atom is -0.493 e. The maximum Gasteiger partial charge on any atom is 0.243 e. The summed E-state index contributed by atoms with van der Waals surface area (Å²) in [5.41, 5.74) is 0.793. The third-order valence-electron chi connectivity index (χ3n) is 4.10. The molecule has 0 saturated heterocycles. The van der Waals surface area contributed by atoms with Crippen molar-refractivity contribution in [3.05, 3.63) is 53.9 Å². The number of para-hydroxylation sites is 1. The van der Waals surface area contributed by atoms with Crippen molar-refractivity contribution >= 4 is 5.91 Å². The summed E-state index contributed by atoms with van der Waals surface area (Å²) in [6.07, 6.45) is 0. The van der Waals surface area contributed by atoms with Crippen molar-refractivity contribution in [2.45, 2.75) is 19.7 Å². The van der Waals surface area contributed by atoms with E-state index in [2.05, 4.69) is 20.7 Å². The van der Waals surface area contributed by atoms with Gasteiger partial charge < -0.3 is 24.3 Å². The van der Waals surface area contributed by atoms with Gasteiger partial charge in [0.15, 0.2) is 18.1 Å². The van der Waals surface area contributed by atoms with Gasteiger partial charge in [0.05, 0.1) is 21.3 Å². The van der Waals surface area contributed by atoms with Crippen molar-refractivity contribution in [2.24, 2.45) is 0 Å². The first-order valence-corrected chi connectivity index (χ1v) is 9.13. The summed E-state index contributed by atoms with van der Waals surface area (Å²) in [5, 5.41) is 14.7. The van der Waals surface area contributed by atoms with E-state index in [1.54, 1.807) is 12.1 Å². The molecule has 0 bridgehead atoms. The van der Waals surface area contributed by atoms with Gasteiger partial charge in [-0.05, 0) is 35.0 Å². The fourth-order valence-corrected chi connectivity index (χ4v) is 2.69. The average molecular weight is 413 g/mol. The standard InChI is InChI=1S/C20H23N5O5/c1-27-16-9-14(10-17(28-2)20(16)29-3)11-21-19(26)12-25-23-18(22-24-25)13-30-15-7-5-4-6-8-15/h4-10H,11-13H2,1-3H3,(H,21,26). The van der Waals surface area contributed by atoms with Crippen LogP contribution < -0.4 is 24.3 Å². The van der Waals surface area contributed by atoms with Crippen LogP contribution in [0.5, 0.6) is 23.0 Å². The van der Waals surface area contributed by atoms with Crippen LogP contribution in [0.3, 0.4) is 0 Å². The number of carbonyl (C=O) groups excluding carboxylic acids is 1. The van der Waals surface area contributed by atoms with Crippen LogP contribution in [0.1, 0.15) is 11.4 Å². The Hall–Kier alpha value is -3.82. The van der Waals surface area contributed by atoms with Crippen LogP contribution in [0, 0.1) is 0 Å². The largest absolute Gasteiger partial charge is 0.493 e. The lowest BCUT2D eigenvalue weighted by molar-refractivity contribution is -0.122. The van der Waals surface area contributed by atoms with E-state index < -0.39 is 0 Å². The van der Waals surface area contributed by atoms with Gasteiger partial charge in [0.1, 0.15) is 12.3 Å². The molecule has 0 radical (unpaired) electrons. The molecule has 10 heteroatoms. The maximum absolute atomic E-state index is 12.2. The highest BCUT2D eigenvalue weighted by molar-refractivity contribution is 5.75. The van der Waals surface area contributed by atoms with Gasteiger partial charge in [-0.1, -0.05) is 18.2 Å². The number of hydrogen-bond acceptors (Lipinski definition) is 8. The van der Waals surface area contributed by atoms with E-state index in [0.29, 0.717) is 28.8 Å². The van der Waals surface area contributed by atoms with Crippen LogP contribution >= 0.6 is 0 Å². The zero-order valence-corrected chi connectivity index (χ0v) is 17.0. The van der Waals surface area contributed by atoms with Crippen molar-refractivity contribution in [3.63, 3.8) is 0 Å². The fourth-order valence-electron chi connectivity index (χ4n) is 2.69. The van der Waals surface area contributed by atoms with Gasteiger partial charge in [0.2, 0.25) is 17.5 Å². The number of ether oxygens (including phenoxy) is 4. The molecule has 0 fully saturated rings. The molecule has 0 aliphatic heterocycles. The molecule has 30 heavy (non-hydrogen) atoms. The maximum atomic E-state index is 12.2. The molecule has 0 aliphatic rings. The molecule has 158 valence electrons. The topological polar surface area (TPSA) is 110 Å². The number of hydrogen-bond donors (Lipinski definition) is 1. The number of aromatic nitrogens is 4. The van der Waals surface area contributed by atoms with E-state index in [9.17, 15) is 4.79 Å². The average Bonchev–Trinajstić information content (AvgIpc) is 3.23. The molecule has 0 atom stereocenters. The molecule has 3 rings (SSSR count). The molecule has 1 heterocycles. The van der Waals surface area contributed by atoms with Gasteiger partial charge in [0.25, 0.3) is 0 Å². The van der Waals surface area contributed by atoms with E-state index in [4.69, 9.17) is 18.9 Å². The Labute approximate surface area is 173 Å². The monoisotopic (exact) mass is 413 g/mol. The predicted molar refractivity (Wildman–Crippen MR) is 107 cm³/mol. The molecule has 3 aromatic rings. The van der Waals surface area contributed by atoms with Crippen molar-refractivity contribution in [1.29, 1.82) is 0 Å². The Morgan fingerprint density at radius 3 is 2.37 bits per heavy atom. The van der Waals surface area contributed by atoms with E-state index in [1.165, 1.54) is 26.1 Å². The highest BCUT2D eigenvalue weighted by Gasteiger charge is 2.14. The van der Waals surface area contributed by atoms with E-state index in [-0.39, 0.29) is 25.6 Å². The Bertz CT molecular complexity index is 952. The molecular formula is C20H23N5O5. The molecule has 1 amide bonds. The second-order valence-electron chi connectivity index (χ2n) is 6.15. The summed E-state index contributed by atoms with van der Waals surface area (Å²) in [5.74, 6) is 2.35. The van der Waals surface area contributed by atoms with Crippen LogP contribution in [-0.2, 0) is 24.5 Å². The number of carbonyl (C=O) groups is 1. The summed E-state index contributed by atoms with van der Waals surface area (Å²) in [6.45, 7) is 0.369. The van der Waals surface area contributed by atoms with E-state index in [1.807, 2.05) is 30.3 Å². The Morgan fingerprint density at radius 1 is 1.03 bits per heavy atom. The number of benzene rings is 2. The first-order valence-electron chi connectivity index (χ1n) is 9.13. The highest BCUT2D eigenvalue weighted by atomic mass is 16.5. The normalized spacial score (nSPS) is 10.4. The molecule has 2 aromatic carbocycles. The number of nitrogens with one attached hydrogen (secondary N) is 1. The van der Waals surface area contributed by atoms with Crippen molar-refractivity contribution in [3.8, 4) is 23.0 Å². The number of rotatable bonds is 10. The first kappa shape index (κ1) is 20.9. The predicted octanol–water partition coefficient (Wildman–Crippen LogP) is 1.59. The number of nitrogens with zero attached hydrogens (tertiary/aromatic N) is 4. The fraction of sp³-hybridized carbons (Fsp3) is 0.300. The zero-order valence-electron chi connectivity index (χ0n) is 17.0. The molecule has 0 spiro atoms. The Kier molecular flexibility index (Phi) is 7.04. The van der Waals surface area contributed by atoms with Crippen LogP contribution in [0.25, 0.3) is 0 Å². The zero-order chi connectivity index (χ0) is 21.3. The summed E-state index contributed by atoms with van der Waals surface area (Å²) in [4.78, 5) is 13.5. The molecule has 10 nitrogen and oxygen atoms in total. The van der Waals surface area contributed by atoms with Gasteiger partial charge in [-0.25, -0.2) is 0 Å². The Morgan fingerprint density at radius 2 is 1.73 bits per heavy atom. The molecule has 0 saturated carbocycles. The van der Waals surface area contributed by atoms with E-state index >= 15 is 0 Å². The quantitative estimate of drug-likeness (QED) is 0.534. The van der Waals surface area contributed by atoms with Crippen LogP contribution in [0.4, 0.5) is 0 Å². The lowest BCUT2D eigenvalue weighted by Crippen LogP contribution is -2.28. The minimum atomic E-state index is -0.267. The minimum absolute atomic E-state index is 0.0667. The third kappa shape index (κ3) is 5.37. The van der Waals surface area contributed by atoms with Gasteiger partial charge in [-0.15, -0.1) is 10.2 Å². The number of methoxy groups -OCH3 is 3. The van der Waals surface area contributed by atoms with Crippen LogP contribution in [-0.4, -0.2) is 47.4 Å². The first-order chi connectivity index (χ1) is 14.6. The number of amides is 1. The van der Waals surface area contributed by atoms with Gasteiger partial charge >= 0.3 is 0 Å².